The second-order valence-corrected chi connectivity index (χ2v) is 6.51. The van der Waals surface area contributed by atoms with Crippen LogP contribution in [0.1, 0.15) is 49.5 Å². The maximum atomic E-state index is 10.5. The molecule has 0 aliphatic carbocycles. The Morgan fingerprint density at radius 2 is 1.65 bits per heavy atom. The van der Waals surface area contributed by atoms with Gasteiger partial charge in [0.2, 0.25) is 0 Å². The van der Waals surface area contributed by atoms with Crippen molar-refractivity contribution in [1.82, 2.24) is 4.90 Å². The number of aliphatic hydroxyl groups excluding tert-OH is 1. The third-order valence-corrected chi connectivity index (χ3v) is 4.52. The van der Waals surface area contributed by atoms with Gasteiger partial charge in [-0.15, -0.1) is 0 Å². The van der Waals surface area contributed by atoms with E-state index < -0.39 is 6.10 Å². The first kappa shape index (κ1) is 18.0. The fourth-order valence-corrected chi connectivity index (χ4v) is 3.03. The largest absolute Gasteiger partial charge is 0.387 e. The van der Waals surface area contributed by atoms with Gasteiger partial charge in [-0.2, -0.15) is 0 Å². The van der Waals surface area contributed by atoms with Crippen molar-refractivity contribution >= 4 is 11.6 Å². The van der Waals surface area contributed by atoms with Gasteiger partial charge in [0.15, 0.2) is 0 Å². The van der Waals surface area contributed by atoms with Gasteiger partial charge in [-0.3, -0.25) is 4.90 Å². The molecule has 0 aromatic heterocycles. The van der Waals surface area contributed by atoms with Gasteiger partial charge in [0.05, 0.1) is 6.10 Å². The summed E-state index contributed by atoms with van der Waals surface area (Å²) in [5, 5.41) is 11.2. The summed E-state index contributed by atoms with van der Waals surface area (Å²) in [6, 6.07) is 18.3. The maximum absolute atomic E-state index is 10.5. The zero-order valence-electron chi connectivity index (χ0n) is 14.0. The highest BCUT2D eigenvalue weighted by Gasteiger charge is 2.19. The molecule has 0 amide bonds. The molecule has 124 valence electrons. The number of halogens is 1. The van der Waals surface area contributed by atoms with Gasteiger partial charge >= 0.3 is 0 Å². The molecule has 2 rings (SSSR count). The summed E-state index contributed by atoms with van der Waals surface area (Å²) in [5.74, 6) is 0. The normalized spacial score (nSPS) is 14.0. The Bertz CT molecular complexity index is 570. The summed E-state index contributed by atoms with van der Waals surface area (Å²) >= 11 is 5.92. The second kappa shape index (κ2) is 9.07. The summed E-state index contributed by atoms with van der Waals surface area (Å²) in [6.07, 6.45) is 2.95. The molecule has 0 unspecified atom stereocenters. The first-order valence-electron chi connectivity index (χ1n) is 8.30. The molecule has 2 aromatic rings. The predicted molar refractivity (Wildman–Crippen MR) is 97.7 cm³/mol. The summed E-state index contributed by atoms with van der Waals surface area (Å²) in [4.78, 5) is 2.25. The molecule has 0 aliphatic heterocycles. The fourth-order valence-electron chi connectivity index (χ4n) is 2.90. The van der Waals surface area contributed by atoms with Gasteiger partial charge in [-0.1, -0.05) is 73.8 Å². The van der Waals surface area contributed by atoms with Crippen molar-refractivity contribution in [3.63, 3.8) is 0 Å². The Labute approximate surface area is 144 Å². The Morgan fingerprint density at radius 1 is 1.00 bits per heavy atom. The monoisotopic (exact) mass is 331 g/mol. The molecule has 0 spiro atoms. The number of likely N-dealkylation sites (N-methyl/N-ethyl adjacent to an activating group) is 1. The van der Waals surface area contributed by atoms with Crippen molar-refractivity contribution in [2.45, 2.75) is 38.3 Å². The van der Waals surface area contributed by atoms with Crippen molar-refractivity contribution in [3.8, 4) is 0 Å². The van der Waals surface area contributed by atoms with Gasteiger partial charge in [0.25, 0.3) is 0 Å². The van der Waals surface area contributed by atoms with Crippen LogP contribution in [0.2, 0.25) is 5.02 Å². The molecule has 0 aliphatic rings. The van der Waals surface area contributed by atoms with Crippen LogP contribution in [-0.4, -0.2) is 23.6 Å². The van der Waals surface area contributed by atoms with Gasteiger partial charge in [-0.05, 0) is 36.7 Å². The van der Waals surface area contributed by atoms with E-state index in [1.165, 1.54) is 18.4 Å². The van der Waals surface area contributed by atoms with Crippen LogP contribution in [0.4, 0.5) is 0 Å². The van der Waals surface area contributed by atoms with Crippen LogP contribution in [0.5, 0.6) is 0 Å². The van der Waals surface area contributed by atoms with E-state index in [4.69, 9.17) is 11.6 Å². The van der Waals surface area contributed by atoms with E-state index in [0.717, 1.165) is 12.0 Å². The minimum absolute atomic E-state index is 0.332. The highest BCUT2D eigenvalue weighted by Crippen LogP contribution is 2.27. The Morgan fingerprint density at radius 3 is 2.26 bits per heavy atom. The molecule has 2 aromatic carbocycles. The van der Waals surface area contributed by atoms with E-state index >= 15 is 0 Å². The number of benzene rings is 2. The number of aliphatic hydroxyl groups is 1. The Hall–Kier alpha value is -1.35. The van der Waals surface area contributed by atoms with Crippen LogP contribution in [0.15, 0.2) is 54.6 Å². The zero-order chi connectivity index (χ0) is 16.7. The van der Waals surface area contributed by atoms with E-state index in [1.807, 2.05) is 30.3 Å². The number of rotatable bonds is 8. The number of unbranched alkanes of at least 4 members (excludes halogenated alkanes) is 1. The van der Waals surface area contributed by atoms with Gasteiger partial charge in [-0.25, -0.2) is 0 Å². The average Bonchev–Trinajstić information content (AvgIpc) is 2.56. The molecule has 0 radical (unpaired) electrons. The smallest absolute Gasteiger partial charge is 0.0917 e. The minimum Gasteiger partial charge on any atom is -0.387 e. The minimum atomic E-state index is -0.509. The Kier molecular flexibility index (Phi) is 7.10. The van der Waals surface area contributed by atoms with E-state index in [9.17, 15) is 5.11 Å². The van der Waals surface area contributed by atoms with Gasteiger partial charge in [0, 0.05) is 17.6 Å². The lowest BCUT2D eigenvalue weighted by atomic mass is 9.99. The highest BCUT2D eigenvalue weighted by atomic mass is 35.5. The van der Waals surface area contributed by atoms with Crippen molar-refractivity contribution in [2.24, 2.45) is 0 Å². The summed E-state index contributed by atoms with van der Waals surface area (Å²) < 4.78 is 0. The SMILES string of the molecule is CCCC[C@H](c1ccccc1)N(C)C[C@H](O)c1ccc(Cl)cc1. The van der Waals surface area contributed by atoms with E-state index in [2.05, 4.69) is 43.1 Å². The third-order valence-electron chi connectivity index (χ3n) is 4.26. The molecule has 2 atom stereocenters. The summed E-state index contributed by atoms with van der Waals surface area (Å²) in [7, 11) is 2.09. The lowest BCUT2D eigenvalue weighted by Crippen LogP contribution is -2.29. The standard InChI is InChI=1S/C20H26ClNO/c1-3-4-10-19(16-8-6-5-7-9-16)22(2)15-20(23)17-11-13-18(21)14-12-17/h5-9,11-14,19-20,23H,3-4,10,15H2,1-2H3/t19-,20+/m1/s1. The second-order valence-electron chi connectivity index (χ2n) is 6.08. The molecular formula is C20H26ClNO. The molecule has 1 N–H and O–H groups in total. The van der Waals surface area contributed by atoms with Crippen LogP contribution in [0.25, 0.3) is 0 Å². The lowest BCUT2D eigenvalue weighted by molar-refractivity contribution is 0.100. The fraction of sp³-hybridized carbons (Fsp3) is 0.400. The van der Waals surface area contributed by atoms with Crippen LogP contribution < -0.4 is 0 Å². The highest BCUT2D eigenvalue weighted by molar-refractivity contribution is 6.30. The van der Waals surface area contributed by atoms with Crippen LogP contribution in [0.3, 0.4) is 0 Å². The third kappa shape index (κ3) is 5.35. The van der Waals surface area contributed by atoms with Gasteiger partial charge < -0.3 is 5.11 Å². The first-order chi connectivity index (χ1) is 11.1. The molecule has 0 saturated heterocycles. The summed E-state index contributed by atoms with van der Waals surface area (Å²) in [6.45, 7) is 2.81. The lowest BCUT2D eigenvalue weighted by Gasteiger charge is -2.30. The van der Waals surface area contributed by atoms with E-state index in [-0.39, 0.29) is 0 Å². The van der Waals surface area contributed by atoms with Crippen LogP contribution in [0, 0.1) is 0 Å². The number of nitrogens with zero attached hydrogens (tertiary/aromatic N) is 1. The molecule has 0 saturated carbocycles. The Balaban J connectivity index is 2.07. The molecule has 2 nitrogen and oxygen atoms in total. The first-order valence-corrected chi connectivity index (χ1v) is 8.68. The zero-order valence-corrected chi connectivity index (χ0v) is 14.7. The van der Waals surface area contributed by atoms with Crippen molar-refractivity contribution in [1.29, 1.82) is 0 Å². The molecule has 0 fully saturated rings. The summed E-state index contributed by atoms with van der Waals surface area (Å²) in [5.41, 5.74) is 2.22. The molecule has 23 heavy (non-hydrogen) atoms. The molecule has 3 heteroatoms. The topological polar surface area (TPSA) is 23.5 Å². The van der Waals surface area contributed by atoms with Crippen molar-refractivity contribution in [2.75, 3.05) is 13.6 Å². The van der Waals surface area contributed by atoms with Crippen molar-refractivity contribution in [3.05, 3.63) is 70.7 Å². The van der Waals surface area contributed by atoms with E-state index in [1.54, 1.807) is 0 Å². The number of hydrogen-bond acceptors (Lipinski definition) is 2. The van der Waals surface area contributed by atoms with E-state index in [0.29, 0.717) is 17.6 Å². The van der Waals surface area contributed by atoms with Gasteiger partial charge in [0.1, 0.15) is 0 Å². The molecule has 0 heterocycles. The molecular weight excluding hydrogens is 306 g/mol. The quantitative estimate of drug-likeness (QED) is 0.715. The predicted octanol–water partition coefficient (Wildman–Crippen LogP) is 5.24. The molecule has 0 bridgehead atoms. The van der Waals surface area contributed by atoms with Crippen LogP contribution in [-0.2, 0) is 0 Å². The maximum Gasteiger partial charge on any atom is 0.0917 e. The average molecular weight is 332 g/mol. The van der Waals surface area contributed by atoms with Crippen LogP contribution >= 0.6 is 11.6 Å². The van der Waals surface area contributed by atoms with Crippen molar-refractivity contribution < 1.29 is 5.11 Å². The number of hydrogen-bond donors (Lipinski definition) is 1.